The van der Waals surface area contributed by atoms with Gasteiger partial charge in [0.15, 0.2) is 5.96 Å². The van der Waals surface area contributed by atoms with E-state index in [0.29, 0.717) is 25.5 Å². The van der Waals surface area contributed by atoms with Crippen LogP contribution in [0.2, 0.25) is 5.02 Å². The third-order valence-electron chi connectivity index (χ3n) is 3.05. The van der Waals surface area contributed by atoms with Crippen molar-refractivity contribution in [1.29, 1.82) is 0 Å². The van der Waals surface area contributed by atoms with Crippen LogP contribution in [0.1, 0.15) is 25.8 Å². The summed E-state index contributed by atoms with van der Waals surface area (Å²) in [4.78, 5) is 4.40. The molecule has 0 radical (unpaired) electrons. The van der Waals surface area contributed by atoms with E-state index >= 15 is 0 Å². The molecular weight excluding hydrogens is 468 g/mol. The monoisotopic (exact) mass is 491 g/mol. The van der Waals surface area contributed by atoms with Crippen molar-refractivity contribution in [2.24, 2.45) is 4.99 Å². The second kappa shape index (κ2) is 11.1. The van der Waals surface area contributed by atoms with E-state index in [-0.39, 0.29) is 40.8 Å². The SMILES string of the molecule is CCNC(=NCc1ccc(F)c(Cl)c1)NC(C)CCS(C)(=O)=O.I. The molecule has 1 aromatic carbocycles. The molecule has 24 heavy (non-hydrogen) atoms. The lowest BCUT2D eigenvalue weighted by molar-refractivity contribution is 0.581. The first-order valence-corrected chi connectivity index (χ1v) is 9.81. The van der Waals surface area contributed by atoms with Crippen molar-refractivity contribution in [3.05, 3.63) is 34.6 Å². The molecule has 0 amide bonds. The van der Waals surface area contributed by atoms with Gasteiger partial charge < -0.3 is 10.6 Å². The molecule has 138 valence electrons. The number of halogens is 3. The minimum atomic E-state index is -2.98. The number of aliphatic imine (C=N–C) groups is 1. The van der Waals surface area contributed by atoms with E-state index in [9.17, 15) is 12.8 Å². The van der Waals surface area contributed by atoms with Crippen molar-refractivity contribution < 1.29 is 12.8 Å². The Hall–Kier alpha value is -0.610. The van der Waals surface area contributed by atoms with Gasteiger partial charge in [0.25, 0.3) is 0 Å². The zero-order chi connectivity index (χ0) is 17.5. The van der Waals surface area contributed by atoms with Crippen LogP contribution in [0.25, 0.3) is 0 Å². The Bertz CT molecular complexity index is 656. The van der Waals surface area contributed by atoms with E-state index in [1.54, 1.807) is 6.07 Å². The summed E-state index contributed by atoms with van der Waals surface area (Å²) in [6, 6.07) is 4.43. The van der Waals surface area contributed by atoms with Gasteiger partial charge in [0, 0.05) is 18.8 Å². The number of nitrogens with zero attached hydrogens (tertiary/aromatic N) is 1. The summed E-state index contributed by atoms with van der Waals surface area (Å²) < 4.78 is 35.5. The van der Waals surface area contributed by atoms with Gasteiger partial charge in [0.05, 0.1) is 17.3 Å². The van der Waals surface area contributed by atoms with Crippen LogP contribution >= 0.6 is 35.6 Å². The standard InChI is InChI=1S/C15H23ClFN3O2S.HI/c1-4-18-15(20-11(2)7-8-23(3,21)22)19-10-12-5-6-14(17)13(16)9-12;/h5-6,9,11H,4,7-8,10H2,1-3H3,(H2,18,19,20);1H. The van der Waals surface area contributed by atoms with E-state index in [1.165, 1.54) is 18.4 Å². The summed E-state index contributed by atoms with van der Waals surface area (Å²) in [5.41, 5.74) is 0.789. The molecule has 5 nitrogen and oxygen atoms in total. The van der Waals surface area contributed by atoms with Crippen molar-refractivity contribution in [2.45, 2.75) is 32.9 Å². The van der Waals surface area contributed by atoms with Gasteiger partial charge in [0.2, 0.25) is 0 Å². The maximum atomic E-state index is 13.1. The lowest BCUT2D eigenvalue weighted by atomic mass is 10.2. The largest absolute Gasteiger partial charge is 0.357 e. The van der Waals surface area contributed by atoms with Crippen LogP contribution in [0.15, 0.2) is 23.2 Å². The molecule has 0 bridgehead atoms. The fourth-order valence-corrected chi connectivity index (χ4v) is 2.81. The topological polar surface area (TPSA) is 70.6 Å². The van der Waals surface area contributed by atoms with Gasteiger partial charge in [-0.05, 0) is 38.0 Å². The third-order valence-corrected chi connectivity index (χ3v) is 4.32. The zero-order valence-electron chi connectivity index (χ0n) is 14.0. The summed E-state index contributed by atoms with van der Waals surface area (Å²) in [7, 11) is -2.98. The van der Waals surface area contributed by atoms with Gasteiger partial charge in [-0.3, -0.25) is 0 Å². The second-order valence-corrected chi connectivity index (χ2v) is 8.07. The summed E-state index contributed by atoms with van der Waals surface area (Å²) >= 11 is 5.75. The van der Waals surface area contributed by atoms with Gasteiger partial charge in [-0.1, -0.05) is 17.7 Å². The van der Waals surface area contributed by atoms with Crippen LogP contribution in [0.3, 0.4) is 0 Å². The van der Waals surface area contributed by atoms with E-state index in [2.05, 4.69) is 15.6 Å². The fourth-order valence-electron chi connectivity index (χ4n) is 1.82. The highest BCUT2D eigenvalue weighted by molar-refractivity contribution is 14.0. The minimum absolute atomic E-state index is 0. The highest BCUT2D eigenvalue weighted by Crippen LogP contribution is 2.16. The number of nitrogens with one attached hydrogen (secondary N) is 2. The molecule has 1 unspecified atom stereocenters. The zero-order valence-corrected chi connectivity index (χ0v) is 17.9. The second-order valence-electron chi connectivity index (χ2n) is 5.41. The summed E-state index contributed by atoms with van der Waals surface area (Å²) in [5, 5.41) is 6.31. The maximum Gasteiger partial charge on any atom is 0.191 e. The quantitative estimate of drug-likeness (QED) is 0.350. The number of sulfone groups is 1. The molecule has 0 aliphatic rings. The lowest BCUT2D eigenvalue weighted by Crippen LogP contribution is -2.42. The van der Waals surface area contributed by atoms with Crippen LogP contribution in [0.5, 0.6) is 0 Å². The molecule has 2 N–H and O–H groups in total. The van der Waals surface area contributed by atoms with Crippen LogP contribution < -0.4 is 10.6 Å². The highest BCUT2D eigenvalue weighted by Gasteiger charge is 2.09. The first-order chi connectivity index (χ1) is 10.7. The number of benzene rings is 1. The van der Waals surface area contributed by atoms with E-state index in [1.807, 2.05) is 13.8 Å². The molecule has 0 heterocycles. The molecule has 1 aromatic rings. The molecule has 0 saturated heterocycles. The third kappa shape index (κ3) is 9.63. The smallest absolute Gasteiger partial charge is 0.191 e. The normalized spacial score (nSPS) is 13.1. The molecule has 0 saturated carbocycles. The van der Waals surface area contributed by atoms with Gasteiger partial charge >= 0.3 is 0 Å². The van der Waals surface area contributed by atoms with Crippen LogP contribution in [0, 0.1) is 5.82 Å². The van der Waals surface area contributed by atoms with Crippen molar-refractivity contribution >= 4 is 51.4 Å². The Morgan fingerprint density at radius 1 is 1.42 bits per heavy atom. The fraction of sp³-hybridized carbons (Fsp3) is 0.533. The molecule has 0 aromatic heterocycles. The van der Waals surface area contributed by atoms with E-state index in [0.717, 1.165) is 5.56 Å². The predicted molar refractivity (Wildman–Crippen MR) is 109 cm³/mol. The Labute approximate surface area is 165 Å². The van der Waals surface area contributed by atoms with Gasteiger partial charge in [-0.25, -0.2) is 17.8 Å². The summed E-state index contributed by atoms with van der Waals surface area (Å²) in [6.45, 7) is 4.85. The highest BCUT2D eigenvalue weighted by atomic mass is 127. The first-order valence-electron chi connectivity index (χ1n) is 7.37. The Balaban J connectivity index is 0.00000529. The van der Waals surface area contributed by atoms with Gasteiger partial charge in [0.1, 0.15) is 15.7 Å². The molecule has 9 heteroatoms. The number of rotatable bonds is 7. The Kier molecular flexibility index (Phi) is 10.8. The van der Waals surface area contributed by atoms with Crippen molar-refractivity contribution in [1.82, 2.24) is 10.6 Å². The average Bonchev–Trinajstić information content (AvgIpc) is 2.45. The van der Waals surface area contributed by atoms with E-state index < -0.39 is 15.7 Å². The first kappa shape index (κ1) is 23.4. The number of hydrogen-bond acceptors (Lipinski definition) is 3. The van der Waals surface area contributed by atoms with Gasteiger partial charge in [-0.2, -0.15) is 0 Å². The molecule has 0 spiro atoms. The Morgan fingerprint density at radius 2 is 2.08 bits per heavy atom. The van der Waals surface area contributed by atoms with Crippen LogP contribution in [-0.2, 0) is 16.4 Å². The van der Waals surface area contributed by atoms with E-state index in [4.69, 9.17) is 11.6 Å². The van der Waals surface area contributed by atoms with Gasteiger partial charge in [-0.15, -0.1) is 24.0 Å². The molecular formula is C15H24ClFIN3O2S. The van der Waals surface area contributed by atoms with Crippen molar-refractivity contribution in [2.75, 3.05) is 18.6 Å². The average molecular weight is 492 g/mol. The van der Waals surface area contributed by atoms with Crippen LogP contribution in [-0.4, -0.2) is 39.0 Å². The maximum absolute atomic E-state index is 13.1. The van der Waals surface area contributed by atoms with Crippen molar-refractivity contribution in [3.8, 4) is 0 Å². The molecule has 0 fully saturated rings. The molecule has 0 aliphatic heterocycles. The minimum Gasteiger partial charge on any atom is -0.357 e. The van der Waals surface area contributed by atoms with Crippen molar-refractivity contribution in [3.63, 3.8) is 0 Å². The predicted octanol–water partition coefficient (Wildman–Crippen LogP) is 2.98. The Morgan fingerprint density at radius 3 is 2.62 bits per heavy atom. The lowest BCUT2D eigenvalue weighted by Gasteiger charge is -2.17. The van der Waals surface area contributed by atoms with Crippen LogP contribution in [0.4, 0.5) is 4.39 Å². The molecule has 1 rings (SSSR count). The summed E-state index contributed by atoms with van der Waals surface area (Å²) in [6.07, 6.45) is 1.71. The molecule has 0 aliphatic carbocycles. The summed E-state index contributed by atoms with van der Waals surface area (Å²) in [5.74, 6) is 0.237. The number of hydrogen-bond donors (Lipinski definition) is 2. The number of guanidine groups is 1. The molecule has 1 atom stereocenters.